The standard InChI is InChI=1S/C32H52O28/c1-6(36)51-5-10-12(38)15(41)25(59-30-20(46)17(43)24(26(60-30)27(48)49)58-29-19(45)14(40)11(37)7(2-33)53-29)32(55-10)57-23-13(39)8(3-34)54-31(21(23)47)56-22-9(4-35)52-28(50)18(44)16(22)42/h7-26,28-35,37-47,50H,2-5H2,1H3,(H,48,49)/t7-,8-,9-,10-,11-,12-,13-,14+,15+,16-,17-,18-,19+,20-,21-,22-,23+,24+,25+,26+,28?,29+,30-,31+,32-/m1/s1. The van der Waals surface area contributed by atoms with Gasteiger partial charge in [-0.25, -0.2) is 4.79 Å². The molecule has 25 atom stereocenters. The largest absolute Gasteiger partial charge is 0.479 e. The van der Waals surface area contributed by atoms with Gasteiger partial charge in [0, 0.05) is 6.92 Å². The highest BCUT2D eigenvalue weighted by molar-refractivity contribution is 5.73. The molecule has 28 nitrogen and oxygen atoms in total. The summed E-state index contributed by atoms with van der Waals surface area (Å²) < 4.78 is 54.1. The SMILES string of the molecule is CC(=O)OC[C@H]1O[C@H](O[C@@H]2[C@@H](O)[C@H](O[C@H]3[C@H](O)[C@@H](O)C(O)O[C@@H]3CO)O[C@H](CO)[C@H]2O)[C@@H](O[C@@H]2O[C@H](C(=O)O)[C@@H](O[C@@H]3O[C@H](CO)[C@@H](O)[C@H](O)[C@@H]3O)[C@H](O)[C@H]2O)[C@@H](O)[C@@H]1O. The van der Waals surface area contributed by atoms with Gasteiger partial charge in [0.05, 0.1) is 19.8 Å². The van der Waals surface area contributed by atoms with Crippen LogP contribution in [0, 0.1) is 0 Å². The molecule has 348 valence electrons. The van der Waals surface area contributed by atoms with Crippen LogP contribution in [0.4, 0.5) is 0 Å². The van der Waals surface area contributed by atoms with Gasteiger partial charge in [0.15, 0.2) is 37.6 Å². The molecular weight excluding hydrogens is 832 g/mol. The van der Waals surface area contributed by atoms with Crippen LogP contribution in [0.25, 0.3) is 0 Å². The summed E-state index contributed by atoms with van der Waals surface area (Å²) in [5.74, 6) is -2.77. The van der Waals surface area contributed by atoms with Gasteiger partial charge in [-0.3, -0.25) is 4.79 Å². The van der Waals surface area contributed by atoms with E-state index in [1.54, 1.807) is 0 Å². The van der Waals surface area contributed by atoms with Crippen molar-refractivity contribution in [2.45, 2.75) is 160 Å². The van der Waals surface area contributed by atoms with E-state index in [-0.39, 0.29) is 0 Å². The minimum absolute atomic E-state index is 0.764. The number of hydrogen-bond acceptors (Lipinski definition) is 27. The molecule has 1 unspecified atom stereocenters. The third-order valence-corrected chi connectivity index (χ3v) is 10.6. The summed E-state index contributed by atoms with van der Waals surface area (Å²) in [5, 5.41) is 167. The molecule has 5 aliphatic rings. The zero-order valence-corrected chi connectivity index (χ0v) is 31.3. The van der Waals surface area contributed by atoms with Crippen LogP contribution in [-0.4, -0.2) is 274 Å². The van der Waals surface area contributed by atoms with Gasteiger partial charge in [0.25, 0.3) is 0 Å². The number of carboxylic acids is 1. The minimum atomic E-state index is -2.35. The fraction of sp³-hybridized carbons (Fsp3) is 0.938. The van der Waals surface area contributed by atoms with Crippen molar-refractivity contribution in [3.05, 3.63) is 0 Å². The second-order valence-corrected chi connectivity index (χ2v) is 14.6. The van der Waals surface area contributed by atoms with Crippen molar-refractivity contribution in [3.63, 3.8) is 0 Å². The van der Waals surface area contributed by atoms with Crippen molar-refractivity contribution >= 4 is 11.9 Å². The lowest BCUT2D eigenvalue weighted by Crippen LogP contribution is -2.68. The molecule has 0 aromatic heterocycles. The number of aliphatic carboxylic acids is 1. The van der Waals surface area contributed by atoms with Gasteiger partial charge in [0.1, 0.15) is 123 Å². The molecule has 5 heterocycles. The third kappa shape index (κ3) is 10.2. The molecule has 0 saturated carbocycles. The van der Waals surface area contributed by atoms with Gasteiger partial charge in [-0.2, -0.15) is 0 Å². The molecule has 5 saturated heterocycles. The van der Waals surface area contributed by atoms with Crippen molar-refractivity contribution in [1.29, 1.82) is 0 Å². The maximum atomic E-state index is 12.4. The average Bonchev–Trinajstić information content (AvgIpc) is 3.21. The van der Waals surface area contributed by atoms with E-state index < -0.39 is 192 Å². The number of aliphatic hydroxyl groups is 15. The average molecular weight is 885 g/mol. The predicted octanol–water partition coefficient (Wildman–Crippen LogP) is -11.3. The first kappa shape index (κ1) is 49.0. The Hall–Kier alpha value is -2.02. The molecule has 60 heavy (non-hydrogen) atoms. The molecule has 0 radical (unpaired) electrons. The second-order valence-electron chi connectivity index (χ2n) is 14.6. The van der Waals surface area contributed by atoms with Gasteiger partial charge < -0.3 is 129 Å². The maximum absolute atomic E-state index is 12.4. The first-order valence-electron chi connectivity index (χ1n) is 18.5. The van der Waals surface area contributed by atoms with Crippen LogP contribution in [0.2, 0.25) is 0 Å². The Bertz CT molecular complexity index is 1390. The van der Waals surface area contributed by atoms with Gasteiger partial charge >= 0.3 is 11.9 Å². The molecule has 0 bridgehead atoms. The summed E-state index contributed by atoms with van der Waals surface area (Å²) in [4.78, 5) is 24.0. The van der Waals surface area contributed by atoms with Crippen molar-refractivity contribution in [3.8, 4) is 0 Å². The highest BCUT2D eigenvalue weighted by Crippen LogP contribution is 2.36. The maximum Gasteiger partial charge on any atom is 0.335 e. The lowest BCUT2D eigenvalue weighted by molar-refractivity contribution is -0.399. The highest BCUT2D eigenvalue weighted by atomic mass is 16.8. The van der Waals surface area contributed by atoms with E-state index in [2.05, 4.69) is 0 Å². The van der Waals surface area contributed by atoms with E-state index in [9.17, 15) is 91.3 Å². The minimum Gasteiger partial charge on any atom is -0.479 e. The molecule has 5 aliphatic heterocycles. The van der Waals surface area contributed by atoms with Crippen LogP contribution < -0.4 is 0 Å². The van der Waals surface area contributed by atoms with Crippen molar-refractivity contribution in [2.75, 3.05) is 26.4 Å². The van der Waals surface area contributed by atoms with Crippen LogP contribution in [0.3, 0.4) is 0 Å². The zero-order valence-electron chi connectivity index (χ0n) is 31.3. The Morgan fingerprint density at radius 1 is 0.433 bits per heavy atom. The molecule has 0 aromatic rings. The number of carboxylic acid groups (broad SMARTS) is 1. The lowest BCUT2D eigenvalue weighted by atomic mass is 9.95. The Morgan fingerprint density at radius 3 is 1.47 bits per heavy atom. The Kier molecular flexibility index (Phi) is 16.9. The quantitative estimate of drug-likeness (QED) is 0.0720. The third-order valence-electron chi connectivity index (χ3n) is 10.6. The normalized spacial score (nSPS) is 50.2. The molecule has 0 spiro atoms. The van der Waals surface area contributed by atoms with E-state index >= 15 is 0 Å². The number of carbonyl (C=O) groups is 2. The molecule has 0 aromatic carbocycles. The summed E-state index contributed by atoms with van der Waals surface area (Å²) >= 11 is 0. The first-order chi connectivity index (χ1) is 28.2. The van der Waals surface area contributed by atoms with Crippen molar-refractivity contribution in [2.24, 2.45) is 0 Å². The fourth-order valence-corrected chi connectivity index (χ4v) is 7.16. The molecule has 16 N–H and O–H groups in total. The zero-order chi connectivity index (χ0) is 44.5. The monoisotopic (exact) mass is 884 g/mol. The van der Waals surface area contributed by atoms with E-state index in [0.29, 0.717) is 0 Å². The van der Waals surface area contributed by atoms with Crippen LogP contribution in [0.1, 0.15) is 6.92 Å². The molecular formula is C32H52O28. The predicted molar refractivity (Wildman–Crippen MR) is 177 cm³/mol. The molecule has 0 amide bonds. The summed E-state index contributed by atoms with van der Waals surface area (Å²) in [5.41, 5.74) is 0. The van der Waals surface area contributed by atoms with Crippen LogP contribution in [0.15, 0.2) is 0 Å². The number of carbonyl (C=O) groups excluding carboxylic acids is 1. The second kappa shape index (κ2) is 20.7. The molecule has 5 fully saturated rings. The van der Waals surface area contributed by atoms with E-state index in [1.807, 2.05) is 0 Å². The van der Waals surface area contributed by atoms with Gasteiger partial charge in [-0.05, 0) is 0 Å². The Labute approximate surface area is 337 Å². The lowest BCUT2D eigenvalue weighted by Gasteiger charge is -2.49. The summed E-state index contributed by atoms with van der Waals surface area (Å²) in [6, 6.07) is 0. The summed E-state index contributed by atoms with van der Waals surface area (Å²) in [6.07, 6.45) is -50.6. The number of esters is 1. The molecule has 28 heteroatoms. The smallest absolute Gasteiger partial charge is 0.335 e. The van der Waals surface area contributed by atoms with E-state index in [1.165, 1.54) is 0 Å². The first-order valence-corrected chi connectivity index (χ1v) is 18.5. The Balaban J connectivity index is 1.40. The summed E-state index contributed by atoms with van der Waals surface area (Å²) in [6.45, 7) is -2.60. The van der Waals surface area contributed by atoms with E-state index in [0.717, 1.165) is 6.92 Å². The van der Waals surface area contributed by atoms with E-state index in [4.69, 9.17) is 47.4 Å². The van der Waals surface area contributed by atoms with Crippen molar-refractivity contribution < 1.29 is 139 Å². The summed E-state index contributed by atoms with van der Waals surface area (Å²) in [7, 11) is 0. The number of aliphatic hydroxyl groups excluding tert-OH is 15. The molecule has 0 aliphatic carbocycles. The Morgan fingerprint density at radius 2 is 0.883 bits per heavy atom. The van der Waals surface area contributed by atoms with Crippen molar-refractivity contribution in [1.82, 2.24) is 0 Å². The highest BCUT2D eigenvalue weighted by Gasteiger charge is 2.58. The number of hydrogen-bond donors (Lipinski definition) is 16. The van der Waals surface area contributed by atoms with Crippen LogP contribution in [-0.2, 0) is 57.0 Å². The van der Waals surface area contributed by atoms with Crippen LogP contribution >= 0.6 is 0 Å². The fourth-order valence-electron chi connectivity index (χ4n) is 7.16. The number of ether oxygens (including phenoxy) is 10. The van der Waals surface area contributed by atoms with Gasteiger partial charge in [-0.15, -0.1) is 0 Å². The van der Waals surface area contributed by atoms with Gasteiger partial charge in [0.2, 0.25) is 0 Å². The topological polar surface area (TPSA) is 450 Å². The number of rotatable bonds is 14. The molecule has 5 rings (SSSR count). The van der Waals surface area contributed by atoms with Gasteiger partial charge in [-0.1, -0.05) is 0 Å². The van der Waals surface area contributed by atoms with Crippen LogP contribution in [0.5, 0.6) is 0 Å².